The fraction of sp³-hybridized carbons (Fsp3) is 0.500. The summed E-state index contributed by atoms with van der Waals surface area (Å²) >= 11 is 1.27. The maximum atomic E-state index is 5.39. The monoisotopic (exact) mass is 225 g/mol. The fourth-order valence-corrected chi connectivity index (χ4v) is 1.83. The molecule has 0 spiro atoms. The van der Waals surface area contributed by atoms with Gasteiger partial charge in [0.05, 0.1) is 12.2 Å². The molecular weight excluding hydrogens is 214 g/mol. The highest BCUT2D eigenvalue weighted by molar-refractivity contribution is 7.09. The van der Waals surface area contributed by atoms with E-state index in [2.05, 4.69) is 26.7 Å². The standard InChI is InChI=1S/C8H11N5OS/c1-2-3-5-7(15-13-10-5)8-12-11-6(4-9)14-8/h2-4,9H2,1H3. The van der Waals surface area contributed by atoms with Crippen molar-refractivity contribution in [3.05, 3.63) is 11.6 Å². The molecule has 0 unspecified atom stereocenters. The predicted octanol–water partition coefficient (Wildman–Crippen LogP) is 0.999. The lowest BCUT2D eigenvalue weighted by molar-refractivity contribution is 0.509. The van der Waals surface area contributed by atoms with E-state index in [1.54, 1.807) is 0 Å². The van der Waals surface area contributed by atoms with Gasteiger partial charge in [0, 0.05) is 0 Å². The van der Waals surface area contributed by atoms with Crippen molar-refractivity contribution in [3.8, 4) is 10.8 Å². The Morgan fingerprint density at radius 2 is 2.20 bits per heavy atom. The van der Waals surface area contributed by atoms with Crippen molar-refractivity contribution < 1.29 is 4.42 Å². The lowest BCUT2D eigenvalue weighted by Gasteiger charge is -1.92. The van der Waals surface area contributed by atoms with E-state index in [-0.39, 0.29) is 6.54 Å². The normalized spacial score (nSPS) is 10.8. The van der Waals surface area contributed by atoms with Crippen LogP contribution in [0.4, 0.5) is 0 Å². The molecular formula is C8H11N5OS. The number of hydrogen-bond donors (Lipinski definition) is 1. The van der Waals surface area contributed by atoms with Crippen LogP contribution < -0.4 is 5.73 Å². The van der Waals surface area contributed by atoms with Gasteiger partial charge >= 0.3 is 0 Å². The van der Waals surface area contributed by atoms with E-state index < -0.39 is 0 Å². The van der Waals surface area contributed by atoms with Gasteiger partial charge in [0.25, 0.3) is 5.89 Å². The van der Waals surface area contributed by atoms with E-state index in [0.29, 0.717) is 11.8 Å². The van der Waals surface area contributed by atoms with Crippen molar-refractivity contribution in [2.45, 2.75) is 26.3 Å². The minimum Gasteiger partial charge on any atom is -0.418 e. The van der Waals surface area contributed by atoms with Crippen LogP contribution >= 0.6 is 11.5 Å². The predicted molar refractivity (Wildman–Crippen MR) is 55.1 cm³/mol. The minimum atomic E-state index is 0.252. The third-order valence-corrected chi connectivity index (χ3v) is 2.63. The van der Waals surface area contributed by atoms with Gasteiger partial charge in [-0.25, -0.2) is 0 Å². The third kappa shape index (κ3) is 2.02. The molecule has 2 heterocycles. The SMILES string of the molecule is CCCc1nnsc1-c1nnc(CN)o1. The zero-order chi connectivity index (χ0) is 10.7. The van der Waals surface area contributed by atoms with E-state index in [1.165, 1.54) is 11.5 Å². The number of hydrogen-bond acceptors (Lipinski definition) is 7. The first kappa shape index (κ1) is 10.2. The molecule has 0 aliphatic heterocycles. The maximum absolute atomic E-state index is 5.39. The molecule has 2 aromatic rings. The summed E-state index contributed by atoms with van der Waals surface area (Å²) in [5.41, 5.74) is 6.30. The van der Waals surface area contributed by atoms with Gasteiger partial charge in [-0.15, -0.1) is 15.3 Å². The van der Waals surface area contributed by atoms with Gasteiger partial charge in [0.2, 0.25) is 5.89 Å². The van der Waals surface area contributed by atoms with Crippen molar-refractivity contribution >= 4 is 11.5 Å². The molecule has 2 rings (SSSR count). The maximum Gasteiger partial charge on any atom is 0.261 e. The Kier molecular flexibility index (Phi) is 3.02. The van der Waals surface area contributed by atoms with Crippen LogP contribution in [-0.4, -0.2) is 19.8 Å². The van der Waals surface area contributed by atoms with Gasteiger partial charge < -0.3 is 10.2 Å². The second-order valence-corrected chi connectivity index (χ2v) is 3.76. The van der Waals surface area contributed by atoms with Gasteiger partial charge in [-0.1, -0.05) is 17.8 Å². The van der Waals surface area contributed by atoms with Crippen LogP contribution in [0.3, 0.4) is 0 Å². The molecule has 0 bridgehead atoms. The number of nitrogens with zero attached hydrogens (tertiary/aromatic N) is 4. The largest absolute Gasteiger partial charge is 0.418 e. The van der Waals surface area contributed by atoms with Gasteiger partial charge in [-0.2, -0.15) is 0 Å². The highest BCUT2D eigenvalue weighted by atomic mass is 32.1. The van der Waals surface area contributed by atoms with Crippen LogP contribution in [0.5, 0.6) is 0 Å². The molecule has 0 radical (unpaired) electrons. The van der Waals surface area contributed by atoms with Crippen molar-refractivity contribution in [1.82, 2.24) is 19.8 Å². The van der Waals surface area contributed by atoms with Gasteiger partial charge in [0.1, 0.15) is 4.88 Å². The molecule has 80 valence electrons. The molecule has 0 aliphatic rings. The molecule has 0 amide bonds. The second-order valence-electron chi connectivity index (χ2n) is 3.00. The molecule has 0 saturated carbocycles. The van der Waals surface area contributed by atoms with Crippen LogP contribution in [0.2, 0.25) is 0 Å². The molecule has 0 fully saturated rings. The van der Waals surface area contributed by atoms with Gasteiger partial charge in [0.15, 0.2) is 0 Å². The fourth-order valence-electron chi connectivity index (χ4n) is 1.20. The number of aromatic nitrogens is 4. The highest BCUT2D eigenvalue weighted by Crippen LogP contribution is 2.25. The summed E-state index contributed by atoms with van der Waals surface area (Å²) in [6.07, 6.45) is 1.88. The molecule has 0 saturated heterocycles. The summed E-state index contributed by atoms with van der Waals surface area (Å²) in [5, 5.41) is 11.7. The van der Waals surface area contributed by atoms with E-state index in [1.807, 2.05) is 0 Å². The first-order valence-electron chi connectivity index (χ1n) is 4.69. The summed E-state index contributed by atoms with van der Waals surface area (Å²) < 4.78 is 9.23. The van der Waals surface area contributed by atoms with Crippen LogP contribution in [0.15, 0.2) is 4.42 Å². The minimum absolute atomic E-state index is 0.252. The quantitative estimate of drug-likeness (QED) is 0.834. The Morgan fingerprint density at radius 1 is 1.33 bits per heavy atom. The highest BCUT2D eigenvalue weighted by Gasteiger charge is 2.15. The molecule has 2 N–H and O–H groups in total. The average molecular weight is 225 g/mol. The van der Waals surface area contributed by atoms with Crippen LogP contribution in [0.1, 0.15) is 24.9 Å². The first-order chi connectivity index (χ1) is 7.35. The average Bonchev–Trinajstić information content (AvgIpc) is 2.85. The Labute approximate surface area is 90.7 Å². The van der Waals surface area contributed by atoms with Crippen molar-refractivity contribution in [3.63, 3.8) is 0 Å². The zero-order valence-electron chi connectivity index (χ0n) is 8.30. The second kappa shape index (κ2) is 4.45. The zero-order valence-corrected chi connectivity index (χ0v) is 9.12. The van der Waals surface area contributed by atoms with Crippen molar-refractivity contribution in [1.29, 1.82) is 0 Å². The van der Waals surface area contributed by atoms with E-state index >= 15 is 0 Å². The van der Waals surface area contributed by atoms with Gasteiger partial charge in [-0.3, -0.25) is 0 Å². The van der Waals surface area contributed by atoms with E-state index in [0.717, 1.165) is 23.4 Å². The number of nitrogens with two attached hydrogens (primary N) is 1. The van der Waals surface area contributed by atoms with Crippen molar-refractivity contribution in [2.75, 3.05) is 0 Å². The van der Waals surface area contributed by atoms with Crippen LogP contribution in [-0.2, 0) is 13.0 Å². The van der Waals surface area contributed by atoms with E-state index in [9.17, 15) is 0 Å². The molecule has 0 atom stereocenters. The Morgan fingerprint density at radius 3 is 2.87 bits per heavy atom. The lowest BCUT2D eigenvalue weighted by Crippen LogP contribution is -1.95. The summed E-state index contributed by atoms with van der Waals surface area (Å²) in [6, 6.07) is 0. The van der Waals surface area contributed by atoms with Gasteiger partial charge in [-0.05, 0) is 18.0 Å². The molecule has 0 aromatic carbocycles. The summed E-state index contributed by atoms with van der Waals surface area (Å²) in [6.45, 7) is 2.34. The Bertz CT molecular complexity index is 438. The molecule has 2 aromatic heterocycles. The van der Waals surface area contributed by atoms with Crippen molar-refractivity contribution in [2.24, 2.45) is 5.73 Å². The molecule has 7 heteroatoms. The lowest BCUT2D eigenvalue weighted by atomic mass is 10.2. The smallest absolute Gasteiger partial charge is 0.261 e. The van der Waals surface area contributed by atoms with Crippen LogP contribution in [0, 0.1) is 0 Å². The topological polar surface area (TPSA) is 90.7 Å². The third-order valence-electron chi connectivity index (χ3n) is 1.88. The first-order valence-corrected chi connectivity index (χ1v) is 5.46. The molecule has 6 nitrogen and oxygen atoms in total. The molecule has 15 heavy (non-hydrogen) atoms. The summed E-state index contributed by atoms with van der Waals surface area (Å²) in [7, 11) is 0. The van der Waals surface area contributed by atoms with Crippen LogP contribution in [0.25, 0.3) is 10.8 Å². The summed E-state index contributed by atoms with van der Waals surface area (Å²) in [5.74, 6) is 0.898. The van der Waals surface area contributed by atoms with E-state index in [4.69, 9.17) is 10.2 Å². The molecule has 0 aliphatic carbocycles. The number of aryl methyl sites for hydroxylation is 1. The Balaban J connectivity index is 2.31. The summed E-state index contributed by atoms with van der Waals surface area (Å²) in [4.78, 5) is 0.851. The number of rotatable bonds is 4. The Hall–Kier alpha value is -1.34.